The molecule has 2 aromatic heterocycles. The minimum Gasteiger partial charge on any atom is -0.474 e. The standard InChI is InChI=1S/C40H45N11O4/c1-26-34(22-42-38-37(26)41-12-19-55-38)49-13-10-28-21-43-39(45-33(28)25-49)44-29-4-2-27(3-5-29)20-36(53)48-17-15-47(16-18-48)32-23-50(24-32)30-6-8-31(9-7-30)51-14-11-35(52)46-40(51)54/h2-9,21-22,32,41H,10-20,23-25H2,1H3,(H,43,44,45)(H,46,52,54). The molecule has 15 heteroatoms. The van der Waals surface area contributed by atoms with Crippen molar-refractivity contribution in [2.24, 2.45) is 0 Å². The number of aromatic nitrogens is 3. The zero-order valence-electron chi connectivity index (χ0n) is 31.0. The fourth-order valence-corrected chi connectivity index (χ4v) is 8.11. The highest BCUT2D eigenvalue weighted by atomic mass is 16.5. The Bertz CT molecular complexity index is 2100. The van der Waals surface area contributed by atoms with E-state index in [1.165, 1.54) is 0 Å². The second kappa shape index (κ2) is 14.7. The number of carbonyl (C=O) groups excluding carboxylic acids is 3. The molecular formula is C40H45N11O4. The van der Waals surface area contributed by atoms with E-state index in [-0.39, 0.29) is 17.8 Å². The van der Waals surface area contributed by atoms with Gasteiger partial charge in [0.15, 0.2) is 0 Å². The molecule has 4 aromatic rings. The van der Waals surface area contributed by atoms with Crippen LogP contribution in [0.3, 0.4) is 0 Å². The molecule has 0 bridgehead atoms. The van der Waals surface area contributed by atoms with Crippen molar-refractivity contribution in [1.29, 1.82) is 0 Å². The monoisotopic (exact) mass is 743 g/mol. The number of imide groups is 1. The molecule has 3 N–H and O–H groups in total. The van der Waals surface area contributed by atoms with Crippen molar-refractivity contribution < 1.29 is 19.1 Å². The number of ether oxygens (including phenoxy) is 1. The van der Waals surface area contributed by atoms with Gasteiger partial charge in [0.2, 0.25) is 23.6 Å². The number of anilines is 6. The SMILES string of the molecule is Cc1c(N2CCc3cnc(Nc4ccc(CC(=O)N5CCN(C6CN(c7ccc(N8CCC(=O)NC8=O)cc7)C6)CC5)cc4)nc3C2)cnc2c1NCCO2. The van der Waals surface area contributed by atoms with Gasteiger partial charge in [-0.25, -0.2) is 19.7 Å². The highest BCUT2D eigenvalue weighted by Crippen LogP contribution is 2.36. The summed E-state index contributed by atoms with van der Waals surface area (Å²) in [6.07, 6.45) is 5.36. The summed E-state index contributed by atoms with van der Waals surface area (Å²) in [4.78, 5) is 61.7. The number of amides is 4. The number of hydrogen-bond donors (Lipinski definition) is 3. The van der Waals surface area contributed by atoms with Crippen molar-refractivity contribution in [2.45, 2.75) is 38.8 Å². The van der Waals surface area contributed by atoms with Gasteiger partial charge < -0.3 is 30.1 Å². The van der Waals surface area contributed by atoms with Crippen molar-refractivity contribution in [3.63, 3.8) is 0 Å². The van der Waals surface area contributed by atoms with Crippen molar-refractivity contribution in [1.82, 2.24) is 30.1 Å². The molecule has 5 aliphatic rings. The van der Waals surface area contributed by atoms with Gasteiger partial charge in [-0.2, -0.15) is 0 Å². The third-order valence-corrected chi connectivity index (χ3v) is 11.4. The Hall–Kier alpha value is -5.96. The van der Waals surface area contributed by atoms with Crippen LogP contribution in [0.4, 0.5) is 39.2 Å². The van der Waals surface area contributed by atoms with Gasteiger partial charge in [-0.3, -0.25) is 24.7 Å². The number of fused-ring (bicyclic) bond motifs is 2. The molecule has 7 heterocycles. The summed E-state index contributed by atoms with van der Waals surface area (Å²) in [6, 6.07) is 16.0. The smallest absolute Gasteiger partial charge is 0.328 e. The topological polar surface area (TPSA) is 151 Å². The largest absolute Gasteiger partial charge is 0.474 e. The Morgan fingerprint density at radius 3 is 2.45 bits per heavy atom. The van der Waals surface area contributed by atoms with Crippen LogP contribution in [0.1, 0.15) is 28.8 Å². The zero-order chi connectivity index (χ0) is 37.5. The maximum atomic E-state index is 13.3. The van der Waals surface area contributed by atoms with Crippen molar-refractivity contribution in [2.75, 3.05) is 90.8 Å². The number of pyridine rings is 1. The van der Waals surface area contributed by atoms with E-state index in [1.54, 1.807) is 4.90 Å². The molecule has 0 aliphatic carbocycles. The lowest BCUT2D eigenvalue weighted by Gasteiger charge is -2.49. The Labute approximate surface area is 319 Å². The van der Waals surface area contributed by atoms with Crippen LogP contribution >= 0.6 is 0 Å². The summed E-state index contributed by atoms with van der Waals surface area (Å²) in [5, 5.41) is 9.16. The Kier molecular flexibility index (Phi) is 9.30. The lowest BCUT2D eigenvalue weighted by atomic mass is 10.0. The molecule has 15 nitrogen and oxygen atoms in total. The van der Waals surface area contributed by atoms with Crippen molar-refractivity contribution >= 4 is 52.2 Å². The first-order valence-corrected chi connectivity index (χ1v) is 19.1. The van der Waals surface area contributed by atoms with Gasteiger partial charge >= 0.3 is 6.03 Å². The maximum absolute atomic E-state index is 13.3. The first kappa shape index (κ1) is 34.8. The Morgan fingerprint density at radius 2 is 1.67 bits per heavy atom. The number of urea groups is 1. The second-order valence-electron chi connectivity index (χ2n) is 14.8. The molecule has 2 aromatic carbocycles. The highest BCUT2D eigenvalue weighted by Gasteiger charge is 2.35. The second-order valence-corrected chi connectivity index (χ2v) is 14.8. The summed E-state index contributed by atoms with van der Waals surface area (Å²) < 4.78 is 5.72. The quantitative estimate of drug-likeness (QED) is 0.243. The number of nitrogens with zero attached hydrogens (tertiary/aromatic N) is 8. The number of piperazine rings is 1. The van der Waals surface area contributed by atoms with Gasteiger partial charge in [-0.1, -0.05) is 12.1 Å². The van der Waals surface area contributed by atoms with E-state index in [9.17, 15) is 14.4 Å². The molecule has 0 spiro atoms. The maximum Gasteiger partial charge on any atom is 0.328 e. The zero-order valence-corrected chi connectivity index (χ0v) is 31.0. The lowest BCUT2D eigenvalue weighted by molar-refractivity contribution is -0.132. The normalized spacial score (nSPS) is 18.8. The van der Waals surface area contributed by atoms with E-state index in [1.807, 2.05) is 65.8 Å². The molecule has 5 aliphatic heterocycles. The van der Waals surface area contributed by atoms with E-state index in [0.717, 1.165) is 110 Å². The first-order valence-electron chi connectivity index (χ1n) is 19.1. The first-order chi connectivity index (χ1) is 26.8. The Morgan fingerprint density at radius 1 is 0.891 bits per heavy atom. The van der Waals surface area contributed by atoms with Crippen LogP contribution in [0.5, 0.6) is 5.88 Å². The minimum absolute atomic E-state index is 0.151. The van der Waals surface area contributed by atoms with Crippen LogP contribution in [0.2, 0.25) is 0 Å². The van der Waals surface area contributed by atoms with Gasteiger partial charge in [0.25, 0.3) is 0 Å². The third kappa shape index (κ3) is 7.19. The summed E-state index contributed by atoms with van der Waals surface area (Å²) in [7, 11) is 0. The van der Waals surface area contributed by atoms with E-state index in [0.29, 0.717) is 50.4 Å². The molecule has 9 rings (SSSR count). The van der Waals surface area contributed by atoms with E-state index in [2.05, 4.69) is 47.5 Å². The lowest BCUT2D eigenvalue weighted by Crippen LogP contribution is -2.63. The summed E-state index contributed by atoms with van der Waals surface area (Å²) >= 11 is 0. The van der Waals surface area contributed by atoms with Crippen LogP contribution in [0, 0.1) is 6.92 Å². The van der Waals surface area contributed by atoms with Gasteiger partial charge in [0.1, 0.15) is 12.3 Å². The highest BCUT2D eigenvalue weighted by molar-refractivity contribution is 6.05. The number of benzene rings is 2. The number of rotatable bonds is 8. The van der Waals surface area contributed by atoms with Crippen LogP contribution < -0.4 is 35.4 Å². The van der Waals surface area contributed by atoms with Crippen molar-refractivity contribution in [3.05, 3.63) is 83.3 Å². The summed E-state index contributed by atoms with van der Waals surface area (Å²) in [6.45, 7) is 10.5. The van der Waals surface area contributed by atoms with Crippen LogP contribution in [-0.4, -0.2) is 114 Å². The van der Waals surface area contributed by atoms with E-state index >= 15 is 0 Å². The number of hydrogen-bond acceptors (Lipinski definition) is 12. The van der Waals surface area contributed by atoms with Crippen molar-refractivity contribution in [3.8, 4) is 5.88 Å². The molecule has 4 amide bonds. The molecular weight excluding hydrogens is 699 g/mol. The van der Waals surface area contributed by atoms with Gasteiger partial charge in [-0.15, -0.1) is 0 Å². The Balaban J connectivity index is 0.732. The van der Waals surface area contributed by atoms with Crippen LogP contribution in [0.25, 0.3) is 0 Å². The van der Waals surface area contributed by atoms with Crippen LogP contribution in [0.15, 0.2) is 60.9 Å². The van der Waals surface area contributed by atoms with Gasteiger partial charge in [-0.05, 0) is 60.9 Å². The summed E-state index contributed by atoms with van der Waals surface area (Å²) in [5.74, 6) is 1.13. The molecule has 0 saturated carbocycles. The van der Waals surface area contributed by atoms with Crippen LogP contribution in [-0.2, 0) is 29.0 Å². The average molecular weight is 744 g/mol. The molecule has 0 atom stereocenters. The molecule has 0 radical (unpaired) electrons. The molecule has 3 fully saturated rings. The number of nitrogens with one attached hydrogen (secondary N) is 3. The fourth-order valence-electron chi connectivity index (χ4n) is 8.11. The third-order valence-electron chi connectivity index (χ3n) is 11.4. The van der Waals surface area contributed by atoms with E-state index in [4.69, 9.17) is 9.72 Å². The molecule has 284 valence electrons. The van der Waals surface area contributed by atoms with E-state index < -0.39 is 0 Å². The predicted molar refractivity (Wildman–Crippen MR) is 209 cm³/mol. The molecule has 0 unspecified atom stereocenters. The molecule has 55 heavy (non-hydrogen) atoms. The fraction of sp³-hybridized carbons (Fsp3) is 0.400. The minimum atomic E-state index is -0.369. The van der Waals surface area contributed by atoms with Gasteiger partial charge in [0.05, 0.1) is 30.5 Å². The average Bonchev–Trinajstić information content (AvgIpc) is 3.19. The molecule has 3 saturated heterocycles. The summed E-state index contributed by atoms with van der Waals surface area (Å²) in [5.41, 5.74) is 9.10. The number of carbonyl (C=O) groups is 3. The predicted octanol–water partition coefficient (Wildman–Crippen LogP) is 3.31. The van der Waals surface area contributed by atoms with Gasteiger partial charge in [0, 0.05) is 100 Å².